The van der Waals surface area contributed by atoms with Crippen LogP contribution < -0.4 is 5.32 Å². The Kier molecular flexibility index (Phi) is 4.82. The molecule has 0 aromatic heterocycles. The second-order valence-electron chi connectivity index (χ2n) is 5.97. The van der Waals surface area contributed by atoms with Gasteiger partial charge in [-0.3, -0.25) is 14.5 Å². The van der Waals surface area contributed by atoms with Crippen molar-refractivity contribution in [2.24, 2.45) is 0 Å². The Morgan fingerprint density at radius 2 is 2.13 bits per heavy atom. The lowest BCUT2D eigenvalue weighted by molar-refractivity contribution is -0.152. The third-order valence-corrected chi connectivity index (χ3v) is 4.84. The number of piperazine rings is 2. The van der Waals surface area contributed by atoms with E-state index in [1.165, 1.54) is 6.07 Å². The first-order chi connectivity index (χ1) is 11.1. The topological polar surface area (TPSA) is 52.7 Å². The second-order valence-corrected chi connectivity index (χ2v) is 6.37. The summed E-state index contributed by atoms with van der Waals surface area (Å²) >= 11 is 6.03. The van der Waals surface area contributed by atoms with Gasteiger partial charge in [0, 0.05) is 36.8 Å². The van der Waals surface area contributed by atoms with Crippen LogP contribution in [0.1, 0.15) is 12.0 Å². The average molecular weight is 340 g/mol. The van der Waals surface area contributed by atoms with Crippen molar-refractivity contribution in [3.63, 3.8) is 0 Å². The van der Waals surface area contributed by atoms with Crippen LogP contribution >= 0.6 is 11.6 Å². The number of benzene rings is 1. The van der Waals surface area contributed by atoms with Crippen LogP contribution in [0.4, 0.5) is 4.39 Å². The van der Waals surface area contributed by atoms with Gasteiger partial charge >= 0.3 is 11.8 Å². The van der Waals surface area contributed by atoms with Crippen molar-refractivity contribution in [1.82, 2.24) is 15.1 Å². The van der Waals surface area contributed by atoms with Gasteiger partial charge in [0.15, 0.2) is 0 Å². The molecule has 1 unspecified atom stereocenters. The first-order valence-electron chi connectivity index (χ1n) is 7.80. The molecule has 2 aliphatic heterocycles. The molecule has 23 heavy (non-hydrogen) atoms. The normalized spacial score (nSPS) is 22.0. The molecule has 0 radical (unpaired) electrons. The Morgan fingerprint density at radius 3 is 2.91 bits per heavy atom. The number of carbonyl (C=O) groups is 2. The number of amides is 2. The van der Waals surface area contributed by atoms with E-state index in [-0.39, 0.29) is 11.9 Å². The molecular formula is C16H19ClFN3O2. The van der Waals surface area contributed by atoms with Crippen LogP contribution in [-0.2, 0) is 16.0 Å². The van der Waals surface area contributed by atoms with E-state index in [1.54, 1.807) is 17.0 Å². The Hall–Kier alpha value is -1.66. The molecule has 5 nitrogen and oxygen atoms in total. The van der Waals surface area contributed by atoms with Gasteiger partial charge in [0.25, 0.3) is 0 Å². The molecule has 0 spiro atoms. The van der Waals surface area contributed by atoms with Crippen LogP contribution in [0.2, 0.25) is 5.02 Å². The number of nitrogens with one attached hydrogen (secondary N) is 1. The smallest absolute Gasteiger partial charge is 0.312 e. The highest BCUT2D eigenvalue weighted by Gasteiger charge is 2.37. The van der Waals surface area contributed by atoms with Crippen LogP contribution in [0.25, 0.3) is 0 Å². The number of nitrogens with zero attached hydrogens (tertiary/aromatic N) is 2. The predicted octanol–water partition coefficient (Wildman–Crippen LogP) is 1.05. The summed E-state index contributed by atoms with van der Waals surface area (Å²) in [5.74, 6) is -1.20. The summed E-state index contributed by atoms with van der Waals surface area (Å²) in [6.07, 6.45) is 1.39. The zero-order valence-electron chi connectivity index (χ0n) is 12.7. The van der Waals surface area contributed by atoms with Crippen LogP contribution in [0.5, 0.6) is 0 Å². The molecular weight excluding hydrogens is 321 g/mol. The number of rotatable bonds is 4. The van der Waals surface area contributed by atoms with E-state index in [0.29, 0.717) is 30.1 Å². The van der Waals surface area contributed by atoms with Crippen molar-refractivity contribution in [3.05, 3.63) is 34.6 Å². The van der Waals surface area contributed by atoms with Crippen molar-refractivity contribution in [2.45, 2.75) is 18.9 Å². The fourth-order valence-corrected chi connectivity index (χ4v) is 3.49. The van der Waals surface area contributed by atoms with E-state index >= 15 is 0 Å². The number of halogens is 2. The highest BCUT2D eigenvalue weighted by Crippen LogP contribution is 2.21. The largest absolute Gasteiger partial charge is 0.346 e. The van der Waals surface area contributed by atoms with E-state index in [1.807, 2.05) is 0 Å². The highest BCUT2D eigenvalue weighted by atomic mass is 35.5. The van der Waals surface area contributed by atoms with E-state index in [4.69, 9.17) is 11.6 Å². The molecule has 2 heterocycles. The zero-order valence-corrected chi connectivity index (χ0v) is 13.5. The van der Waals surface area contributed by atoms with Gasteiger partial charge in [-0.05, 0) is 31.5 Å². The molecule has 0 aliphatic carbocycles. The molecule has 0 saturated carbocycles. The molecule has 0 bridgehead atoms. The summed E-state index contributed by atoms with van der Waals surface area (Å²) in [5, 5.41) is 3.09. The summed E-state index contributed by atoms with van der Waals surface area (Å²) in [7, 11) is 0. The van der Waals surface area contributed by atoms with Gasteiger partial charge in [-0.25, -0.2) is 4.39 Å². The van der Waals surface area contributed by atoms with E-state index in [0.717, 1.165) is 26.1 Å². The Labute approximate surface area is 139 Å². The lowest BCUT2D eigenvalue weighted by atomic mass is 10.1. The molecule has 1 aromatic carbocycles. The first kappa shape index (κ1) is 16.2. The van der Waals surface area contributed by atoms with Gasteiger partial charge < -0.3 is 10.2 Å². The third kappa shape index (κ3) is 3.48. The number of fused-ring (bicyclic) bond motifs is 1. The van der Waals surface area contributed by atoms with Crippen molar-refractivity contribution >= 4 is 23.4 Å². The van der Waals surface area contributed by atoms with E-state index in [9.17, 15) is 14.0 Å². The van der Waals surface area contributed by atoms with Crippen LogP contribution in [0.3, 0.4) is 0 Å². The van der Waals surface area contributed by atoms with Gasteiger partial charge in [-0.2, -0.15) is 0 Å². The molecule has 1 atom stereocenters. The summed E-state index contributed by atoms with van der Waals surface area (Å²) in [5.41, 5.74) is 0.563. The van der Waals surface area contributed by atoms with Gasteiger partial charge in [0.05, 0.1) is 6.04 Å². The van der Waals surface area contributed by atoms with E-state index < -0.39 is 11.8 Å². The minimum absolute atomic E-state index is 0.0333. The molecule has 3 rings (SSSR count). The van der Waals surface area contributed by atoms with E-state index in [2.05, 4.69) is 10.2 Å². The van der Waals surface area contributed by atoms with Crippen molar-refractivity contribution < 1.29 is 14.0 Å². The first-order valence-corrected chi connectivity index (χ1v) is 8.18. The highest BCUT2D eigenvalue weighted by molar-refractivity contribution is 6.35. The number of hydrogen-bond acceptors (Lipinski definition) is 3. The summed E-state index contributed by atoms with van der Waals surface area (Å²) in [6.45, 7) is 3.35. The Balaban J connectivity index is 1.51. The number of hydrogen-bond donors (Lipinski definition) is 1. The lowest BCUT2D eigenvalue weighted by Gasteiger charge is -2.43. The average Bonchev–Trinajstić information content (AvgIpc) is 2.54. The fraction of sp³-hybridized carbons (Fsp3) is 0.500. The molecule has 2 amide bonds. The maximum Gasteiger partial charge on any atom is 0.312 e. The third-order valence-electron chi connectivity index (χ3n) is 4.48. The summed E-state index contributed by atoms with van der Waals surface area (Å²) in [6, 6.07) is 4.77. The van der Waals surface area contributed by atoms with Crippen molar-refractivity contribution in [1.29, 1.82) is 0 Å². The standard InChI is InChI=1S/C16H19ClFN3O2/c17-13-4-1-5-14(18)12(13)3-2-6-20-7-8-21-11(10-20)9-19-15(22)16(21)23/h1,4-5,11H,2-3,6-10H2,(H,19,22). The van der Waals surface area contributed by atoms with Crippen LogP contribution in [-0.4, -0.2) is 60.4 Å². The second kappa shape index (κ2) is 6.84. The van der Waals surface area contributed by atoms with Gasteiger partial charge in [-0.15, -0.1) is 0 Å². The Morgan fingerprint density at radius 1 is 1.30 bits per heavy atom. The quantitative estimate of drug-likeness (QED) is 0.834. The van der Waals surface area contributed by atoms with Gasteiger partial charge in [-0.1, -0.05) is 17.7 Å². The molecule has 1 aromatic rings. The fourth-order valence-electron chi connectivity index (χ4n) is 3.23. The molecule has 1 N–H and O–H groups in total. The lowest BCUT2D eigenvalue weighted by Crippen LogP contribution is -2.65. The zero-order chi connectivity index (χ0) is 16.4. The SMILES string of the molecule is O=C1NCC2CN(CCCc3c(F)cccc3Cl)CCN2C1=O. The van der Waals surface area contributed by atoms with Crippen molar-refractivity contribution in [3.8, 4) is 0 Å². The Bertz CT molecular complexity index is 605. The summed E-state index contributed by atoms with van der Waals surface area (Å²) in [4.78, 5) is 27.0. The molecule has 2 aliphatic rings. The van der Waals surface area contributed by atoms with Gasteiger partial charge in [0.2, 0.25) is 0 Å². The predicted molar refractivity (Wildman–Crippen MR) is 84.7 cm³/mol. The number of carbonyl (C=O) groups excluding carboxylic acids is 2. The monoisotopic (exact) mass is 339 g/mol. The minimum atomic E-state index is -0.510. The molecule has 2 saturated heterocycles. The van der Waals surface area contributed by atoms with Crippen LogP contribution in [0.15, 0.2) is 18.2 Å². The molecule has 2 fully saturated rings. The molecule has 124 valence electrons. The maximum atomic E-state index is 13.7. The minimum Gasteiger partial charge on any atom is -0.346 e. The molecule has 7 heteroatoms. The van der Waals surface area contributed by atoms with Crippen LogP contribution in [0, 0.1) is 5.82 Å². The summed E-state index contributed by atoms with van der Waals surface area (Å²) < 4.78 is 13.7. The maximum absolute atomic E-state index is 13.7. The van der Waals surface area contributed by atoms with Crippen molar-refractivity contribution in [2.75, 3.05) is 32.7 Å². The van der Waals surface area contributed by atoms with Gasteiger partial charge in [0.1, 0.15) is 5.82 Å².